The van der Waals surface area contributed by atoms with Gasteiger partial charge < -0.3 is 18.9 Å². The van der Waals surface area contributed by atoms with Gasteiger partial charge in [0.1, 0.15) is 10.9 Å². The van der Waals surface area contributed by atoms with Crippen LogP contribution in [0.5, 0.6) is 0 Å². The maximum absolute atomic E-state index is 13.9. The summed E-state index contributed by atoms with van der Waals surface area (Å²) in [6, 6.07) is 28.9. The number of aromatic nitrogens is 3. The normalized spacial score (nSPS) is 11.8. The molecule has 0 saturated heterocycles. The summed E-state index contributed by atoms with van der Waals surface area (Å²) in [5, 5.41) is 5.54. The Labute approximate surface area is 285 Å². The number of benzene rings is 3. The molecule has 0 fully saturated rings. The van der Waals surface area contributed by atoms with Gasteiger partial charge in [-0.15, -0.1) is 0 Å². The molecule has 0 bridgehead atoms. The second kappa shape index (κ2) is 16.8. The lowest BCUT2D eigenvalue weighted by atomic mass is 10.1. The third-order valence-corrected chi connectivity index (χ3v) is 10.3. The second-order valence-corrected chi connectivity index (χ2v) is 15.0. The number of nitrogens with zero attached hydrogens (tertiary/aromatic N) is 3. The Bertz CT molecular complexity index is 1670. The van der Waals surface area contributed by atoms with Crippen molar-refractivity contribution in [1.82, 2.24) is 19.9 Å². The van der Waals surface area contributed by atoms with Gasteiger partial charge in [0.05, 0.1) is 25.2 Å². The summed E-state index contributed by atoms with van der Waals surface area (Å²) >= 11 is 14.3. The fourth-order valence-corrected chi connectivity index (χ4v) is 8.05. The monoisotopic (exact) mass is 694 g/mol. The number of imidazole rings is 1. The maximum atomic E-state index is 13.9. The predicted octanol–water partition coefficient (Wildman–Crippen LogP) is 9.62. The molecule has 0 aliphatic carbocycles. The van der Waals surface area contributed by atoms with Gasteiger partial charge in [-0.2, -0.15) is 0 Å². The highest BCUT2D eigenvalue weighted by molar-refractivity contribution is 7.99. The second-order valence-electron chi connectivity index (χ2n) is 11.1. The van der Waals surface area contributed by atoms with Gasteiger partial charge in [-0.3, -0.25) is 9.55 Å². The minimum Gasteiger partial charge on any atom is -0.318 e. The molecule has 2 aromatic heterocycles. The van der Waals surface area contributed by atoms with Crippen LogP contribution in [0.15, 0.2) is 113 Å². The molecule has 0 aliphatic heterocycles. The Balaban J connectivity index is 1.34. The highest BCUT2D eigenvalue weighted by atomic mass is 35.5. The molecule has 240 valence electrons. The van der Waals surface area contributed by atoms with E-state index in [1.165, 1.54) is 0 Å². The van der Waals surface area contributed by atoms with Gasteiger partial charge in [0, 0.05) is 46.8 Å². The summed E-state index contributed by atoms with van der Waals surface area (Å²) in [4.78, 5) is 10.2. The summed E-state index contributed by atoms with van der Waals surface area (Å²) < 4.78 is 28.1. The summed E-state index contributed by atoms with van der Waals surface area (Å²) in [5.74, 6) is 1.09. The summed E-state index contributed by atoms with van der Waals surface area (Å²) in [7, 11) is -3.49. The lowest BCUT2D eigenvalue weighted by molar-refractivity contribution is 0.189. The average Bonchev–Trinajstić information content (AvgIpc) is 3.38. The van der Waals surface area contributed by atoms with E-state index in [1.54, 1.807) is 30.2 Å². The molecule has 5 aromatic rings. The fourth-order valence-electron chi connectivity index (χ4n) is 4.75. The number of hydrogen-bond acceptors (Lipinski definition) is 7. The summed E-state index contributed by atoms with van der Waals surface area (Å²) in [6.45, 7) is 5.80. The van der Waals surface area contributed by atoms with Gasteiger partial charge in [0.15, 0.2) is 0 Å². The van der Waals surface area contributed by atoms with Crippen molar-refractivity contribution in [2.75, 3.05) is 12.8 Å². The van der Waals surface area contributed by atoms with E-state index in [1.807, 2.05) is 84.9 Å². The third kappa shape index (κ3) is 10.0. The minimum absolute atomic E-state index is 0.0669. The molecule has 11 heteroatoms. The van der Waals surface area contributed by atoms with Gasteiger partial charge >= 0.3 is 7.60 Å². The molecule has 1 N–H and O–H groups in total. The molecule has 5 rings (SSSR count). The number of pyridine rings is 1. The van der Waals surface area contributed by atoms with E-state index < -0.39 is 7.60 Å². The zero-order valence-electron chi connectivity index (χ0n) is 25.8. The van der Waals surface area contributed by atoms with Gasteiger partial charge in [-0.05, 0) is 52.9 Å². The fraction of sp³-hybridized carbons (Fsp3) is 0.257. The third-order valence-electron chi connectivity index (χ3n) is 7.09. The first-order valence-corrected chi connectivity index (χ1v) is 18.4. The van der Waals surface area contributed by atoms with Gasteiger partial charge in [-0.1, -0.05) is 109 Å². The summed E-state index contributed by atoms with van der Waals surface area (Å²) in [6.07, 6.45) is 4.25. The van der Waals surface area contributed by atoms with Crippen molar-refractivity contribution >= 4 is 42.6 Å². The van der Waals surface area contributed by atoms with Crippen molar-refractivity contribution in [3.05, 3.63) is 142 Å². The molecular weight excluding hydrogens is 658 g/mol. The molecule has 3 aromatic carbocycles. The predicted molar refractivity (Wildman–Crippen MR) is 187 cm³/mol. The number of nitrogens with one attached hydrogen (secondary N) is 1. The molecule has 0 unspecified atom stereocenters. The average molecular weight is 696 g/mol. The topological polar surface area (TPSA) is 78.3 Å². The van der Waals surface area contributed by atoms with Crippen LogP contribution in [-0.4, -0.2) is 27.4 Å². The first-order valence-electron chi connectivity index (χ1n) is 15.1. The number of rotatable bonds is 16. The van der Waals surface area contributed by atoms with E-state index in [0.717, 1.165) is 38.1 Å². The molecule has 2 heterocycles. The highest BCUT2D eigenvalue weighted by Crippen LogP contribution is 2.48. The highest BCUT2D eigenvalue weighted by Gasteiger charge is 2.26. The Morgan fingerprint density at radius 3 is 2.00 bits per heavy atom. The zero-order valence-corrected chi connectivity index (χ0v) is 29.0. The van der Waals surface area contributed by atoms with Crippen LogP contribution in [0.3, 0.4) is 0 Å². The Morgan fingerprint density at radius 2 is 1.43 bits per heavy atom. The standard InChI is InChI=1S/C35H37Cl2N4O3PS/c1-26(2)34-35(46-32-20-30(36)19-31(37)21-32)41(22-27-13-16-38-17-14-27)33(40-34)15-18-39-25-45(42,43-23-28-9-5-3-6-10-28)44-24-29-11-7-4-8-12-29/h3-14,16-17,19-21,26,39H,15,18,22-25H2,1-2H3. The first kappa shape index (κ1) is 34.4. The van der Waals surface area contributed by atoms with Gasteiger partial charge in [-0.25, -0.2) is 4.98 Å². The van der Waals surface area contributed by atoms with Crippen LogP contribution < -0.4 is 5.32 Å². The maximum Gasteiger partial charge on any atom is 0.344 e. The Morgan fingerprint density at radius 1 is 0.848 bits per heavy atom. The summed E-state index contributed by atoms with van der Waals surface area (Å²) in [5.41, 5.74) is 3.96. The van der Waals surface area contributed by atoms with Crippen molar-refractivity contribution in [2.45, 2.75) is 55.9 Å². The zero-order chi connectivity index (χ0) is 32.4. The van der Waals surface area contributed by atoms with Crippen molar-refractivity contribution < 1.29 is 13.6 Å². The largest absolute Gasteiger partial charge is 0.344 e. The van der Waals surface area contributed by atoms with Crippen molar-refractivity contribution in [3.63, 3.8) is 0 Å². The molecule has 0 radical (unpaired) electrons. The van der Waals surface area contributed by atoms with Crippen LogP contribution in [0.25, 0.3) is 0 Å². The van der Waals surface area contributed by atoms with E-state index in [-0.39, 0.29) is 25.4 Å². The van der Waals surface area contributed by atoms with Crippen molar-refractivity contribution in [2.24, 2.45) is 0 Å². The van der Waals surface area contributed by atoms with E-state index in [9.17, 15) is 4.57 Å². The SMILES string of the molecule is CC(C)c1nc(CCNCP(=O)(OCc2ccccc2)OCc2ccccc2)n(Cc2ccncc2)c1Sc1cc(Cl)cc(Cl)c1. The molecule has 0 aliphatic rings. The van der Waals surface area contributed by atoms with E-state index in [0.29, 0.717) is 29.6 Å². The number of halogens is 2. The Hall–Kier alpha value is -2.94. The molecule has 0 atom stereocenters. The van der Waals surface area contributed by atoms with Crippen LogP contribution in [0, 0.1) is 0 Å². The van der Waals surface area contributed by atoms with Crippen LogP contribution >= 0.6 is 42.6 Å². The molecule has 7 nitrogen and oxygen atoms in total. The Kier molecular flexibility index (Phi) is 12.5. The van der Waals surface area contributed by atoms with E-state index in [4.69, 9.17) is 37.2 Å². The lowest BCUT2D eigenvalue weighted by Gasteiger charge is -2.19. The van der Waals surface area contributed by atoms with Crippen LogP contribution in [-0.2, 0) is 39.8 Å². The van der Waals surface area contributed by atoms with Gasteiger partial charge in [0.2, 0.25) is 0 Å². The van der Waals surface area contributed by atoms with Crippen molar-refractivity contribution in [3.8, 4) is 0 Å². The quantitative estimate of drug-likeness (QED) is 0.0814. The van der Waals surface area contributed by atoms with Crippen LogP contribution in [0.1, 0.15) is 48.0 Å². The van der Waals surface area contributed by atoms with Crippen molar-refractivity contribution in [1.29, 1.82) is 0 Å². The smallest absolute Gasteiger partial charge is 0.318 e. The molecule has 46 heavy (non-hydrogen) atoms. The lowest BCUT2D eigenvalue weighted by Crippen LogP contribution is -2.22. The molecule has 0 saturated carbocycles. The molecular formula is C35H37Cl2N4O3PS. The minimum atomic E-state index is -3.49. The van der Waals surface area contributed by atoms with Crippen LogP contribution in [0.4, 0.5) is 0 Å². The first-order chi connectivity index (χ1) is 22.3. The van der Waals surface area contributed by atoms with Gasteiger partial charge in [0.25, 0.3) is 0 Å². The van der Waals surface area contributed by atoms with E-state index in [2.05, 4.69) is 28.7 Å². The van der Waals surface area contributed by atoms with Crippen LogP contribution in [0.2, 0.25) is 10.0 Å². The molecule has 0 spiro atoms. The number of hydrogen-bond donors (Lipinski definition) is 1. The molecule has 0 amide bonds. The van der Waals surface area contributed by atoms with E-state index >= 15 is 0 Å².